The summed E-state index contributed by atoms with van der Waals surface area (Å²) in [7, 11) is 1.92. The Labute approximate surface area is 358 Å². The monoisotopic (exact) mass is 976 g/mol. The zero-order valence-corrected chi connectivity index (χ0v) is 37.2. The first-order valence-electron chi connectivity index (χ1n) is 19.3. The molecule has 7 rings (SSSR count). The molecule has 0 aliphatic heterocycles. The molecule has 0 N–H and O–H groups in total. The first-order chi connectivity index (χ1) is 27.4. The van der Waals surface area contributed by atoms with Gasteiger partial charge in [0.15, 0.2) is 6.33 Å². The van der Waals surface area contributed by atoms with Crippen molar-refractivity contribution in [1.82, 2.24) is 24.5 Å². The Morgan fingerprint density at radius 2 is 1.14 bits per heavy atom. The van der Waals surface area contributed by atoms with E-state index < -0.39 is 23.3 Å². The van der Waals surface area contributed by atoms with Gasteiger partial charge in [0.1, 0.15) is 11.3 Å². The maximum atomic E-state index is 14.5. The van der Waals surface area contributed by atoms with Crippen molar-refractivity contribution in [3.8, 4) is 28.2 Å². The molecule has 3 aromatic carbocycles. The summed E-state index contributed by atoms with van der Waals surface area (Å²) in [6.45, 7) is 16.4. The molecule has 0 saturated carbocycles. The van der Waals surface area contributed by atoms with Crippen LogP contribution in [0, 0.1) is 61.6 Å². The third-order valence-corrected chi connectivity index (χ3v) is 9.82. The van der Waals surface area contributed by atoms with Gasteiger partial charge in [0.2, 0.25) is 5.65 Å². The maximum absolute atomic E-state index is 14.5. The molecule has 0 unspecified atom stereocenters. The third kappa shape index (κ3) is 10.9. The Hall–Kier alpha value is -5.12. The van der Waals surface area contributed by atoms with Gasteiger partial charge >= 0.3 is 0 Å². The van der Waals surface area contributed by atoms with Crippen LogP contribution in [-0.2, 0) is 50.8 Å². The van der Waals surface area contributed by atoms with Crippen LogP contribution in [0.3, 0.4) is 0 Å². The molecule has 309 valence electrons. The fourth-order valence-electron chi connectivity index (χ4n) is 6.34. The van der Waals surface area contributed by atoms with Crippen LogP contribution >= 0.6 is 0 Å². The quantitative estimate of drug-likeness (QED) is 0.0659. The van der Waals surface area contributed by atoms with Gasteiger partial charge < -0.3 is 19.1 Å². The van der Waals surface area contributed by atoms with Gasteiger partial charge in [-0.15, -0.1) is 24.3 Å². The van der Waals surface area contributed by atoms with Crippen molar-refractivity contribution >= 4 is 11.3 Å². The minimum Gasteiger partial charge on any atom is -0.359 e. The van der Waals surface area contributed by atoms with E-state index in [0.29, 0.717) is 24.2 Å². The number of pyridine rings is 2. The van der Waals surface area contributed by atoms with E-state index >= 15 is 0 Å². The number of imidazole rings is 1. The topological polar surface area (TPSA) is 60.4 Å². The summed E-state index contributed by atoms with van der Waals surface area (Å²) in [4.78, 5) is 18.5. The smallest absolute Gasteiger partial charge is 0.205 e. The Kier molecular flexibility index (Phi) is 14.0. The third-order valence-electron chi connectivity index (χ3n) is 9.82. The first kappa shape index (κ1) is 45.0. The van der Waals surface area contributed by atoms with Gasteiger partial charge in [-0.2, -0.15) is 35.3 Å². The van der Waals surface area contributed by atoms with Crippen LogP contribution in [0.25, 0.3) is 39.5 Å². The molecule has 11 heteroatoms. The van der Waals surface area contributed by atoms with Crippen LogP contribution < -0.4 is 4.57 Å². The second-order valence-corrected chi connectivity index (χ2v) is 16.5. The second-order valence-electron chi connectivity index (χ2n) is 16.5. The molecule has 6 nitrogen and oxygen atoms in total. The summed E-state index contributed by atoms with van der Waals surface area (Å²) in [5, 5.41) is 0. The summed E-state index contributed by atoms with van der Waals surface area (Å²) in [6, 6.07) is 28.0. The maximum Gasteiger partial charge on any atom is 0.205 e. The Bertz CT molecular complexity index is 2460. The van der Waals surface area contributed by atoms with E-state index in [2.05, 4.69) is 86.0 Å². The van der Waals surface area contributed by atoms with Gasteiger partial charge in [-0.1, -0.05) is 82.6 Å². The molecule has 0 aliphatic rings. The number of rotatable bonds is 8. The van der Waals surface area contributed by atoms with Gasteiger partial charge in [0, 0.05) is 61.8 Å². The number of para-hydroxylation sites is 1. The number of fused-ring (bicyclic) bond motifs is 1. The number of aryl methyl sites for hydroxylation is 5. The number of benzene rings is 3. The van der Waals surface area contributed by atoms with E-state index in [1.54, 1.807) is 0 Å². The number of hydrogen-bond acceptors (Lipinski definition) is 4. The van der Waals surface area contributed by atoms with Crippen molar-refractivity contribution in [3.63, 3.8) is 0 Å². The van der Waals surface area contributed by atoms with Gasteiger partial charge in [-0.3, -0.25) is 22.5 Å². The van der Waals surface area contributed by atoms with Crippen molar-refractivity contribution in [1.29, 1.82) is 0 Å². The zero-order valence-electron chi connectivity index (χ0n) is 34.8. The Balaban J connectivity index is 0.000000289. The van der Waals surface area contributed by atoms with E-state index in [0.717, 1.165) is 88.0 Å². The molecular formula is C48H47F4IrN6-3. The van der Waals surface area contributed by atoms with Crippen LogP contribution in [-0.4, -0.2) is 24.5 Å². The average molecular weight is 976 g/mol. The van der Waals surface area contributed by atoms with Crippen LogP contribution in [0.2, 0.25) is 0 Å². The standard InChI is InChI=1S/C34H34F4N2.C14H13N4.Ir/c1-33(2,3)21-15-25(39-31(17-21)27-13-11-23(35)19-29(27)37)9-7-8-10-26-16-22(34(4,5)6)18-32(40-26)28-14-12-24(36)20-30(28)38;1-10-11(2)16-14-13(15-10)17(3)9-18(14)12-7-5-4-6-8-12;/h11-12,15-20H,7-10H2,1-6H3;4-7H,1-3H3;/q-2;-1;. The van der Waals surface area contributed by atoms with Crippen molar-refractivity contribution in [2.24, 2.45) is 7.05 Å². The first-order valence-corrected chi connectivity index (χ1v) is 19.3. The largest absolute Gasteiger partial charge is 0.359 e. The van der Waals surface area contributed by atoms with Crippen molar-refractivity contribution in [3.05, 3.63) is 154 Å². The molecule has 0 aliphatic carbocycles. The summed E-state index contributed by atoms with van der Waals surface area (Å²) in [5.74, 6) is -2.75. The number of nitrogens with zero attached hydrogens (tertiary/aromatic N) is 6. The minimum atomic E-state index is -0.694. The average Bonchev–Trinajstić information content (AvgIpc) is 3.47. The summed E-state index contributed by atoms with van der Waals surface area (Å²) in [6.07, 6.45) is 6.11. The molecule has 0 atom stereocenters. The van der Waals surface area contributed by atoms with Crippen molar-refractivity contribution in [2.45, 2.75) is 91.9 Å². The van der Waals surface area contributed by atoms with E-state index in [4.69, 9.17) is 0 Å². The fraction of sp³-hybridized carbons (Fsp3) is 0.312. The van der Waals surface area contributed by atoms with Gasteiger partial charge in [-0.25, -0.2) is 0 Å². The number of halogens is 4. The molecule has 0 fully saturated rings. The normalized spacial score (nSPS) is 11.6. The van der Waals surface area contributed by atoms with Crippen molar-refractivity contribution in [2.75, 3.05) is 0 Å². The van der Waals surface area contributed by atoms with Gasteiger partial charge in [-0.05, 0) is 85.0 Å². The molecular weight excluding hydrogens is 929 g/mol. The van der Waals surface area contributed by atoms with E-state index in [9.17, 15) is 17.6 Å². The number of hydrogen-bond donors (Lipinski definition) is 0. The minimum absolute atomic E-state index is 0. The van der Waals surface area contributed by atoms with Gasteiger partial charge in [0.25, 0.3) is 0 Å². The number of aromatic nitrogens is 6. The molecule has 0 amide bonds. The summed E-state index contributed by atoms with van der Waals surface area (Å²) >= 11 is 0. The summed E-state index contributed by atoms with van der Waals surface area (Å²) < 4.78 is 59.8. The van der Waals surface area contributed by atoms with E-state index in [1.807, 2.05) is 78.6 Å². The molecule has 4 aromatic heterocycles. The Morgan fingerprint density at radius 1 is 0.644 bits per heavy atom. The molecule has 0 saturated heterocycles. The number of unbranched alkanes of at least 4 members (excludes halogenated alkanes) is 1. The van der Waals surface area contributed by atoms with Crippen LogP contribution in [0.4, 0.5) is 17.6 Å². The SMILES string of the molecule is CC(C)(C)c1cc(CCCCc2cc(C(C)(C)C)cc(-c3[c-]cc(F)cc3F)n2)nc(-c2[c-]cc(F)cc2F)c1.Cc1nc2c(nc1C)[n+](C)[c-]n2-c1[c-]cccc1.[Ir]. The second kappa shape index (κ2) is 18.4. The molecule has 1 radical (unpaired) electrons. The van der Waals surface area contributed by atoms with Crippen LogP contribution in [0.15, 0.2) is 72.8 Å². The van der Waals surface area contributed by atoms with E-state index in [-0.39, 0.29) is 42.1 Å². The van der Waals surface area contributed by atoms with Gasteiger partial charge in [0.05, 0.1) is 5.69 Å². The van der Waals surface area contributed by atoms with E-state index in [1.165, 1.54) is 0 Å². The fourth-order valence-corrected chi connectivity index (χ4v) is 6.34. The predicted octanol–water partition coefficient (Wildman–Crippen LogP) is 10.6. The molecule has 59 heavy (non-hydrogen) atoms. The molecule has 4 heterocycles. The summed E-state index contributed by atoms with van der Waals surface area (Å²) in [5.41, 5.74) is 8.86. The Morgan fingerprint density at radius 3 is 1.58 bits per heavy atom. The van der Waals surface area contributed by atoms with Crippen LogP contribution in [0.1, 0.15) is 88.3 Å². The van der Waals surface area contributed by atoms with Crippen molar-refractivity contribution < 1.29 is 42.2 Å². The van der Waals surface area contributed by atoms with Crippen LogP contribution in [0.5, 0.6) is 0 Å². The zero-order chi connectivity index (χ0) is 41.9. The predicted molar refractivity (Wildman–Crippen MR) is 218 cm³/mol. The molecule has 7 aromatic rings. The molecule has 0 spiro atoms. The molecule has 0 bridgehead atoms.